The van der Waals surface area contributed by atoms with Crippen molar-refractivity contribution in [3.8, 4) is 0 Å². The number of nitrogens with one attached hydrogen (secondary N) is 1. The summed E-state index contributed by atoms with van der Waals surface area (Å²) in [6.07, 6.45) is 56.6. The lowest BCUT2D eigenvalue weighted by atomic mass is 10.0. The Morgan fingerprint density at radius 3 is 1.22 bits per heavy atom. The Hall–Kier alpha value is -0.760. The largest absolute Gasteiger partial charge is 0.756 e. The third-order valence-corrected chi connectivity index (χ3v) is 14.0. The van der Waals surface area contributed by atoms with Crippen molar-refractivity contribution < 1.29 is 32.9 Å². The van der Waals surface area contributed by atoms with Gasteiger partial charge in [0.15, 0.2) is 0 Å². The SMILES string of the molecule is CCCCCCCC/C=C\CCCCCCCCCC(=O)NC(COP(=O)([O-])OCC[N+](C)(C)C)C(O)CCCCCCCCCCCCCCCCCCCCCCCCCCC. The highest BCUT2D eigenvalue weighted by atomic mass is 31.2. The summed E-state index contributed by atoms with van der Waals surface area (Å²) in [4.78, 5) is 25.5. The third-order valence-electron chi connectivity index (χ3n) is 13.0. The van der Waals surface area contributed by atoms with Crippen molar-refractivity contribution in [1.29, 1.82) is 0 Å². The number of likely N-dealkylation sites (N-methyl/N-ethyl adjacent to an activating group) is 1. The molecule has 0 aromatic rings. The molecule has 9 heteroatoms. The van der Waals surface area contributed by atoms with Gasteiger partial charge in [0.2, 0.25) is 5.91 Å². The number of quaternary nitrogens is 1. The van der Waals surface area contributed by atoms with E-state index >= 15 is 0 Å². The second-order valence-electron chi connectivity index (χ2n) is 20.6. The highest BCUT2D eigenvalue weighted by molar-refractivity contribution is 7.45. The number of nitrogens with zero attached hydrogens (tertiary/aromatic N) is 1. The normalized spacial score (nSPS) is 14.0. The molecular formula is C55H111N2O6P. The number of unbranched alkanes of at least 4 members (excludes halogenated alkanes) is 37. The van der Waals surface area contributed by atoms with Gasteiger partial charge in [0.25, 0.3) is 7.82 Å². The summed E-state index contributed by atoms with van der Waals surface area (Å²) in [5.74, 6) is -0.165. The van der Waals surface area contributed by atoms with Crippen LogP contribution in [-0.4, -0.2) is 68.5 Å². The summed E-state index contributed by atoms with van der Waals surface area (Å²) >= 11 is 0. The van der Waals surface area contributed by atoms with E-state index in [2.05, 4.69) is 31.3 Å². The third kappa shape index (κ3) is 49.2. The van der Waals surface area contributed by atoms with Crippen LogP contribution in [0.25, 0.3) is 0 Å². The molecule has 3 unspecified atom stereocenters. The molecule has 64 heavy (non-hydrogen) atoms. The smallest absolute Gasteiger partial charge is 0.268 e. The number of rotatable bonds is 52. The lowest BCUT2D eigenvalue weighted by Crippen LogP contribution is -2.46. The van der Waals surface area contributed by atoms with Crippen molar-refractivity contribution in [3.05, 3.63) is 12.2 Å². The van der Waals surface area contributed by atoms with Crippen LogP contribution >= 0.6 is 7.82 Å². The molecule has 0 aromatic heterocycles. The molecule has 0 aliphatic rings. The summed E-state index contributed by atoms with van der Waals surface area (Å²) in [6.45, 7) is 4.75. The van der Waals surface area contributed by atoms with Gasteiger partial charge in [-0.15, -0.1) is 0 Å². The Balaban J connectivity index is 4.15. The van der Waals surface area contributed by atoms with Gasteiger partial charge in [-0.05, 0) is 38.5 Å². The van der Waals surface area contributed by atoms with Gasteiger partial charge in [-0.3, -0.25) is 9.36 Å². The van der Waals surface area contributed by atoms with E-state index in [1.807, 2.05) is 21.1 Å². The Kier molecular flexibility index (Phi) is 46.8. The molecule has 0 bridgehead atoms. The molecule has 2 N–H and O–H groups in total. The van der Waals surface area contributed by atoms with E-state index in [0.717, 1.165) is 38.5 Å². The quantitative estimate of drug-likeness (QED) is 0.0272. The van der Waals surface area contributed by atoms with Crippen LogP contribution in [0.15, 0.2) is 12.2 Å². The molecule has 0 heterocycles. The standard InChI is InChI=1S/C55H111N2O6P/c1-6-8-10-12-14-16-18-20-22-24-25-26-27-28-29-30-31-33-34-36-38-40-42-44-46-48-54(58)53(52-63-64(60,61)62-51-50-57(3,4)5)56-55(59)49-47-45-43-41-39-37-35-32-23-21-19-17-15-13-11-9-7-2/h21,23,53-54,58H,6-20,22,24-52H2,1-5H3,(H-,56,59,60,61)/b23-21-. The van der Waals surface area contributed by atoms with Crippen LogP contribution in [0.2, 0.25) is 0 Å². The highest BCUT2D eigenvalue weighted by Gasteiger charge is 2.24. The minimum atomic E-state index is -4.57. The van der Waals surface area contributed by atoms with Crippen molar-refractivity contribution in [3.63, 3.8) is 0 Å². The monoisotopic (exact) mass is 927 g/mol. The first-order valence-corrected chi connectivity index (χ1v) is 29.5. The molecule has 8 nitrogen and oxygen atoms in total. The number of phosphoric acid groups is 1. The molecule has 3 atom stereocenters. The Morgan fingerprint density at radius 1 is 0.531 bits per heavy atom. The molecule has 0 radical (unpaired) electrons. The van der Waals surface area contributed by atoms with Gasteiger partial charge < -0.3 is 28.8 Å². The summed E-state index contributed by atoms with van der Waals surface area (Å²) in [5.41, 5.74) is 0. The fourth-order valence-corrected chi connectivity index (χ4v) is 9.29. The Morgan fingerprint density at radius 2 is 0.859 bits per heavy atom. The summed E-state index contributed by atoms with van der Waals surface area (Å²) in [6, 6.07) is -0.800. The van der Waals surface area contributed by atoms with Crippen LogP contribution in [-0.2, 0) is 18.4 Å². The van der Waals surface area contributed by atoms with Gasteiger partial charge in [0.05, 0.1) is 39.9 Å². The fraction of sp³-hybridized carbons (Fsp3) is 0.945. The number of carbonyl (C=O) groups is 1. The molecule has 0 aliphatic heterocycles. The molecule has 0 aliphatic carbocycles. The highest BCUT2D eigenvalue weighted by Crippen LogP contribution is 2.38. The molecule has 0 saturated carbocycles. The zero-order valence-corrected chi connectivity index (χ0v) is 44.4. The van der Waals surface area contributed by atoms with Crippen molar-refractivity contribution in [2.45, 2.75) is 296 Å². The van der Waals surface area contributed by atoms with Crippen molar-refractivity contribution in [2.24, 2.45) is 0 Å². The van der Waals surface area contributed by atoms with Crippen molar-refractivity contribution in [1.82, 2.24) is 5.32 Å². The summed E-state index contributed by atoms with van der Waals surface area (Å²) in [5, 5.41) is 14.0. The second kappa shape index (κ2) is 47.3. The molecule has 0 fully saturated rings. The first kappa shape index (κ1) is 63.2. The van der Waals surface area contributed by atoms with Crippen LogP contribution in [0.4, 0.5) is 0 Å². The van der Waals surface area contributed by atoms with Crippen LogP contribution in [0.5, 0.6) is 0 Å². The van der Waals surface area contributed by atoms with E-state index in [-0.39, 0.29) is 19.1 Å². The van der Waals surface area contributed by atoms with E-state index < -0.39 is 20.0 Å². The lowest BCUT2D eigenvalue weighted by molar-refractivity contribution is -0.870. The molecule has 0 aromatic carbocycles. The van der Waals surface area contributed by atoms with E-state index in [1.54, 1.807) is 0 Å². The number of aliphatic hydroxyl groups excluding tert-OH is 1. The number of aliphatic hydroxyl groups is 1. The number of allylic oxidation sites excluding steroid dienone is 2. The zero-order valence-electron chi connectivity index (χ0n) is 43.5. The number of hydrogen-bond acceptors (Lipinski definition) is 6. The molecule has 0 saturated heterocycles. The minimum absolute atomic E-state index is 0.0137. The van der Waals surface area contributed by atoms with Crippen molar-refractivity contribution in [2.75, 3.05) is 40.9 Å². The maximum absolute atomic E-state index is 12.9. The summed E-state index contributed by atoms with van der Waals surface area (Å²) in [7, 11) is 1.31. The van der Waals surface area contributed by atoms with E-state index in [4.69, 9.17) is 9.05 Å². The number of phosphoric ester groups is 1. The van der Waals surface area contributed by atoms with Crippen LogP contribution < -0.4 is 10.2 Å². The maximum atomic E-state index is 12.9. The first-order valence-electron chi connectivity index (χ1n) is 28.0. The minimum Gasteiger partial charge on any atom is -0.756 e. The van der Waals surface area contributed by atoms with Gasteiger partial charge >= 0.3 is 0 Å². The number of hydrogen-bond donors (Lipinski definition) is 2. The van der Waals surface area contributed by atoms with Crippen molar-refractivity contribution >= 4 is 13.7 Å². The van der Waals surface area contributed by atoms with Gasteiger partial charge in [-0.1, -0.05) is 251 Å². The molecule has 0 spiro atoms. The van der Waals surface area contributed by atoms with Crippen LogP contribution in [0, 0.1) is 0 Å². The predicted octanol–water partition coefficient (Wildman–Crippen LogP) is 16.0. The molecule has 0 rings (SSSR count). The Labute approximate surface area is 399 Å². The molecule has 1 amide bonds. The first-order chi connectivity index (χ1) is 31.0. The fourth-order valence-electron chi connectivity index (χ4n) is 8.57. The average Bonchev–Trinajstić information content (AvgIpc) is 3.25. The average molecular weight is 927 g/mol. The predicted molar refractivity (Wildman–Crippen MR) is 275 cm³/mol. The van der Waals surface area contributed by atoms with Gasteiger partial charge in [0, 0.05) is 6.42 Å². The zero-order chi connectivity index (χ0) is 47.1. The molecular weight excluding hydrogens is 816 g/mol. The van der Waals surface area contributed by atoms with E-state index in [9.17, 15) is 19.4 Å². The topological polar surface area (TPSA) is 108 Å². The van der Waals surface area contributed by atoms with Gasteiger partial charge in [0.1, 0.15) is 13.2 Å². The number of carbonyl (C=O) groups excluding carboxylic acids is 1. The van der Waals surface area contributed by atoms with E-state index in [1.165, 1.54) is 218 Å². The second-order valence-corrected chi connectivity index (χ2v) is 22.1. The van der Waals surface area contributed by atoms with Gasteiger partial charge in [-0.25, -0.2) is 0 Å². The Bertz CT molecular complexity index is 1050. The van der Waals surface area contributed by atoms with Crippen LogP contribution in [0.3, 0.4) is 0 Å². The van der Waals surface area contributed by atoms with Gasteiger partial charge in [-0.2, -0.15) is 0 Å². The van der Waals surface area contributed by atoms with E-state index in [0.29, 0.717) is 23.9 Å². The lowest BCUT2D eigenvalue weighted by Gasteiger charge is -2.30. The van der Waals surface area contributed by atoms with Crippen LogP contribution in [0.1, 0.15) is 284 Å². The maximum Gasteiger partial charge on any atom is 0.268 e. The number of amides is 1. The molecule has 382 valence electrons. The summed E-state index contributed by atoms with van der Waals surface area (Å²) < 4.78 is 23.4.